The van der Waals surface area contributed by atoms with Crippen molar-refractivity contribution in [3.8, 4) is 0 Å². The molecule has 154 valence electrons. The summed E-state index contributed by atoms with van der Waals surface area (Å²) in [6.45, 7) is 0. The van der Waals surface area contributed by atoms with E-state index >= 15 is 0 Å². The molecule has 29 heavy (non-hydrogen) atoms. The number of benzene rings is 1. The molecular formula is C17H13Cl2F3N4O3. The molecular weight excluding hydrogens is 436 g/mol. The van der Waals surface area contributed by atoms with E-state index in [9.17, 15) is 22.8 Å². The lowest BCUT2D eigenvalue weighted by molar-refractivity contribution is -0.147. The normalized spacial score (nSPS) is 15.3. The molecule has 0 unspecified atom stereocenters. The Morgan fingerprint density at radius 1 is 1.24 bits per heavy atom. The quantitative estimate of drug-likeness (QED) is 0.666. The third kappa shape index (κ3) is 4.38. The summed E-state index contributed by atoms with van der Waals surface area (Å²) in [5, 5.41) is 2.99. The second kappa shape index (κ2) is 7.68. The summed E-state index contributed by atoms with van der Waals surface area (Å²) in [7, 11) is 0. The number of ether oxygens (including phenoxy) is 1. The molecule has 3 N–H and O–H groups in total. The van der Waals surface area contributed by atoms with E-state index in [0.29, 0.717) is 17.6 Å². The van der Waals surface area contributed by atoms with Crippen LogP contribution in [0.4, 0.5) is 24.8 Å². The highest BCUT2D eigenvalue weighted by Crippen LogP contribution is 2.38. The molecule has 12 heteroatoms. The van der Waals surface area contributed by atoms with E-state index in [1.165, 1.54) is 18.2 Å². The first-order valence-corrected chi connectivity index (χ1v) is 8.97. The standard InChI is InChI=1S/C17H13Cl2F3N4O3/c18-8-2-3-11(10(19)6-8)25-15-24-7-9(12(26-15)17(20,21)22)13(27)29-16(14(23)28)4-1-5-16/h2-3,6-7H,1,4-5H2,(H2,23,28)(H,24,25,26). The van der Waals surface area contributed by atoms with Gasteiger partial charge in [0.05, 0.1) is 10.7 Å². The molecule has 1 aromatic heterocycles. The third-order valence-electron chi connectivity index (χ3n) is 4.35. The van der Waals surface area contributed by atoms with Crippen molar-refractivity contribution in [3.63, 3.8) is 0 Å². The Morgan fingerprint density at radius 3 is 2.45 bits per heavy atom. The molecule has 1 amide bonds. The zero-order valence-electron chi connectivity index (χ0n) is 14.5. The smallest absolute Gasteiger partial charge is 0.434 e. The molecule has 7 nitrogen and oxygen atoms in total. The highest BCUT2D eigenvalue weighted by molar-refractivity contribution is 6.36. The van der Waals surface area contributed by atoms with Crippen LogP contribution >= 0.6 is 23.2 Å². The number of primary amides is 1. The van der Waals surface area contributed by atoms with Gasteiger partial charge in [-0.3, -0.25) is 4.79 Å². The number of hydrogen-bond acceptors (Lipinski definition) is 6. The average molecular weight is 449 g/mol. The predicted molar refractivity (Wildman–Crippen MR) is 98.0 cm³/mol. The van der Waals surface area contributed by atoms with Crippen molar-refractivity contribution >= 4 is 46.7 Å². The maximum absolute atomic E-state index is 13.5. The van der Waals surface area contributed by atoms with E-state index in [2.05, 4.69) is 15.3 Å². The Hall–Kier alpha value is -2.59. The van der Waals surface area contributed by atoms with Gasteiger partial charge in [-0.1, -0.05) is 23.2 Å². The molecule has 0 aliphatic heterocycles. The fourth-order valence-electron chi connectivity index (χ4n) is 2.65. The monoisotopic (exact) mass is 448 g/mol. The van der Waals surface area contributed by atoms with E-state index < -0.39 is 40.9 Å². The number of nitrogens with one attached hydrogen (secondary N) is 1. The Kier molecular flexibility index (Phi) is 5.59. The van der Waals surface area contributed by atoms with Gasteiger partial charge in [0.1, 0.15) is 5.56 Å². The van der Waals surface area contributed by atoms with Crippen molar-refractivity contribution in [2.75, 3.05) is 5.32 Å². The summed E-state index contributed by atoms with van der Waals surface area (Å²) in [6.07, 6.45) is -3.48. The van der Waals surface area contributed by atoms with Crippen LogP contribution < -0.4 is 11.1 Å². The Balaban J connectivity index is 1.92. The number of carbonyl (C=O) groups excluding carboxylic acids is 2. The van der Waals surface area contributed by atoms with Gasteiger partial charge in [-0.2, -0.15) is 13.2 Å². The summed E-state index contributed by atoms with van der Waals surface area (Å²) >= 11 is 11.7. The maximum atomic E-state index is 13.5. The Bertz CT molecular complexity index is 981. The predicted octanol–water partition coefficient (Wildman–Crippen LogP) is 4.11. The lowest BCUT2D eigenvalue weighted by atomic mass is 9.79. The number of aromatic nitrogens is 2. The summed E-state index contributed by atoms with van der Waals surface area (Å²) in [5.41, 5.74) is 1.37. The van der Waals surface area contributed by atoms with E-state index in [0.717, 1.165) is 0 Å². The van der Waals surface area contributed by atoms with Gasteiger partial charge in [0.2, 0.25) is 5.95 Å². The molecule has 3 rings (SSSR count). The van der Waals surface area contributed by atoms with Crippen LogP contribution in [0.2, 0.25) is 10.0 Å². The molecule has 1 heterocycles. The zero-order chi connectivity index (χ0) is 21.4. The molecule has 0 radical (unpaired) electrons. The molecule has 0 saturated heterocycles. The highest BCUT2D eigenvalue weighted by Gasteiger charge is 2.48. The first-order chi connectivity index (χ1) is 13.5. The van der Waals surface area contributed by atoms with Crippen LogP contribution in [0, 0.1) is 0 Å². The minimum atomic E-state index is -4.99. The highest BCUT2D eigenvalue weighted by atomic mass is 35.5. The van der Waals surface area contributed by atoms with Crippen molar-refractivity contribution in [2.45, 2.75) is 31.0 Å². The van der Waals surface area contributed by atoms with Crippen LogP contribution in [0.5, 0.6) is 0 Å². The zero-order valence-corrected chi connectivity index (χ0v) is 16.0. The number of alkyl halides is 3. The van der Waals surface area contributed by atoms with Gasteiger partial charge < -0.3 is 15.8 Å². The van der Waals surface area contributed by atoms with Gasteiger partial charge in [-0.25, -0.2) is 14.8 Å². The van der Waals surface area contributed by atoms with Crippen molar-refractivity contribution in [1.82, 2.24) is 9.97 Å². The number of halogens is 5. The molecule has 1 fully saturated rings. The van der Waals surface area contributed by atoms with E-state index in [1.807, 2.05) is 0 Å². The summed E-state index contributed by atoms with van der Waals surface area (Å²) in [4.78, 5) is 31.0. The van der Waals surface area contributed by atoms with Crippen LogP contribution in [0.1, 0.15) is 35.3 Å². The van der Waals surface area contributed by atoms with Gasteiger partial charge >= 0.3 is 12.1 Å². The maximum Gasteiger partial charge on any atom is 0.434 e. The number of anilines is 2. The third-order valence-corrected chi connectivity index (χ3v) is 4.90. The number of esters is 1. The molecule has 2 aromatic rings. The molecule has 0 spiro atoms. The number of carbonyl (C=O) groups is 2. The molecule has 1 aliphatic carbocycles. The van der Waals surface area contributed by atoms with Crippen LogP contribution in [0.15, 0.2) is 24.4 Å². The molecule has 0 bridgehead atoms. The van der Waals surface area contributed by atoms with Gasteiger partial charge in [0.25, 0.3) is 5.91 Å². The summed E-state index contributed by atoms with van der Waals surface area (Å²) in [5.74, 6) is -2.75. The minimum absolute atomic E-state index is 0.131. The Labute approximate surface area is 172 Å². The van der Waals surface area contributed by atoms with Crippen LogP contribution in [0.25, 0.3) is 0 Å². The fraction of sp³-hybridized carbons (Fsp3) is 0.294. The molecule has 1 aliphatic rings. The lowest BCUT2D eigenvalue weighted by Gasteiger charge is -2.37. The first kappa shape index (κ1) is 21.1. The van der Waals surface area contributed by atoms with Crippen molar-refractivity contribution < 1.29 is 27.5 Å². The lowest BCUT2D eigenvalue weighted by Crippen LogP contribution is -2.52. The second-order valence-corrected chi connectivity index (χ2v) is 7.15. The minimum Gasteiger partial charge on any atom is -0.445 e. The largest absolute Gasteiger partial charge is 0.445 e. The van der Waals surface area contributed by atoms with Crippen molar-refractivity contribution in [3.05, 3.63) is 45.7 Å². The number of nitrogens with zero attached hydrogens (tertiary/aromatic N) is 2. The topological polar surface area (TPSA) is 107 Å². The Morgan fingerprint density at radius 2 is 1.93 bits per heavy atom. The summed E-state index contributed by atoms with van der Waals surface area (Å²) < 4.78 is 45.5. The van der Waals surface area contributed by atoms with Gasteiger partial charge in [0.15, 0.2) is 11.3 Å². The van der Waals surface area contributed by atoms with Crippen LogP contribution in [0.3, 0.4) is 0 Å². The first-order valence-electron chi connectivity index (χ1n) is 8.21. The van der Waals surface area contributed by atoms with E-state index in [4.69, 9.17) is 33.7 Å². The number of hydrogen-bond donors (Lipinski definition) is 2. The number of nitrogens with two attached hydrogens (primary N) is 1. The van der Waals surface area contributed by atoms with Crippen LogP contribution in [-0.4, -0.2) is 27.4 Å². The van der Waals surface area contributed by atoms with Gasteiger partial charge in [-0.15, -0.1) is 0 Å². The van der Waals surface area contributed by atoms with E-state index in [-0.39, 0.29) is 23.6 Å². The SMILES string of the molecule is NC(=O)C1(OC(=O)c2cnc(Nc3ccc(Cl)cc3Cl)nc2C(F)(F)F)CCC1. The van der Waals surface area contributed by atoms with Gasteiger partial charge in [-0.05, 0) is 37.5 Å². The number of rotatable bonds is 5. The number of amides is 1. The molecule has 1 aromatic carbocycles. The molecule has 0 atom stereocenters. The molecule has 1 saturated carbocycles. The average Bonchev–Trinajstić information content (AvgIpc) is 2.59. The second-order valence-electron chi connectivity index (χ2n) is 6.30. The van der Waals surface area contributed by atoms with Crippen molar-refractivity contribution in [2.24, 2.45) is 5.73 Å². The van der Waals surface area contributed by atoms with Crippen LogP contribution in [-0.2, 0) is 15.7 Å². The fourth-order valence-corrected chi connectivity index (χ4v) is 3.10. The van der Waals surface area contributed by atoms with E-state index in [1.54, 1.807) is 0 Å². The van der Waals surface area contributed by atoms with Gasteiger partial charge in [0, 0.05) is 11.2 Å². The van der Waals surface area contributed by atoms with Crippen molar-refractivity contribution in [1.29, 1.82) is 0 Å². The summed E-state index contributed by atoms with van der Waals surface area (Å²) in [6, 6.07) is 4.27.